The van der Waals surface area contributed by atoms with Crippen molar-refractivity contribution in [2.24, 2.45) is 0 Å². The van der Waals surface area contributed by atoms with E-state index in [0.29, 0.717) is 24.0 Å². The topological polar surface area (TPSA) is 50.8 Å². The first-order valence-electron chi connectivity index (χ1n) is 6.90. The average molecular weight is 278 g/mol. The molecule has 0 aliphatic carbocycles. The highest BCUT2D eigenvalue weighted by atomic mass is 16.5. The molecule has 1 aliphatic rings. The Kier molecular flexibility index (Phi) is 4.84. The molecule has 0 aromatic heterocycles. The summed E-state index contributed by atoms with van der Waals surface area (Å²) in [5.41, 5.74) is 0.943. The van der Waals surface area contributed by atoms with Gasteiger partial charge in [0.05, 0.1) is 26.7 Å². The number of methoxy groups -OCH3 is 2. The zero-order valence-electron chi connectivity index (χ0n) is 12.3. The molecule has 110 valence electrons. The number of nitrogens with zero attached hydrogens (tertiary/aromatic N) is 1. The molecule has 0 spiro atoms. The number of rotatable bonds is 6. The molecule has 1 amide bonds. The molecule has 0 unspecified atom stereocenters. The number of benzene rings is 1. The SMILES string of the molecule is CCN(C(=O)Cc1ccc(OC)c(OC)c1)C1CNC1. The van der Waals surface area contributed by atoms with E-state index in [4.69, 9.17) is 9.47 Å². The molecule has 2 rings (SSSR count). The molecular weight excluding hydrogens is 256 g/mol. The standard InChI is InChI=1S/C15H22N2O3/c1-4-17(12-9-16-10-12)15(18)8-11-5-6-13(19-2)14(7-11)20-3/h5-7,12,16H,4,8-10H2,1-3H3. The van der Waals surface area contributed by atoms with Crippen LogP contribution in [0.1, 0.15) is 12.5 Å². The quantitative estimate of drug-likeness (QED) is 0.845. The maximum absolute atomic E-state index is 12.4. The summed E-state index contributed by atoms with van der Waals surface area (Å²) in [4.78, 5) is 14.3. The zero-order valence-corrected chi connectivity index (χ0v) is 12.3. The van der Waals surface area contributed by atoms with Gasteiger partial charge in [-0.15, -0.1) is 0 Å². The highest BCUT2D eigenvalue weighted by Crippen LogP contribution is 2.27. The van der Waals surface area contributed by atoms with Gasteiger partial charge in [0.1, 0.15) is 0 Å². The van der Waals surface area contributed by atoms with E-state index in [9.17, 15) is 4.79 Å². The highest BCUT2D eigenvalue weighted by Gasteiger charge is 2.27. The largest absolute Gasteiger partial charge is 0.493 e. The lowest BCUT2D eigenvalue weighted by Crippen LogP contribution is -2.59. The van der Waals surface area contributed by atoms with Crippen molar-refractivity contribution >= 4 is 5.91 Å². The van der Waals surface area contributed by atoms with Gasteiger partial charge in [-0.05, 0) is 24.6 Å². The third-order valence-electron chi connectivity index (χ3n) is 3.67. The Bertz CT molecular complexity index is 472. The fourth-order valence-corrected chi connectivity index (χ4v) is 2.40. The van der Waals surface area contributed by atoms with Crippen molar-refractivity contribution in [2.75, 3.05) is 33.9 Å². The second-order valence-corrected chi connectivity index (χ2v) is 4.86. The van der Waals surface area contributed by atoms with Gasteiger partial charge in [-0.25, -0.2) is 0 Å². The van der Waals surface area contributed by atoms with E-state index in [1.54, 1.807) is 14.2 Å². The molecule has 0 bridgehead atoms. The molecule has 0 atom stereocenters. The van der Waals surface area contributed by atoms with E-state index in [0.717, 1.165) is 25.2 Å². The molecule has 1 aromatic rings. The van der Waals surface area contributed by atoms with Crippen LogP contribution in [0.3, 0.4) is 0 Å². The number of ether oxygens (including phenoxy) is 2. The van der Waals surface area contributed by atoms with Crippen molar-refractivity contribution in [3.8, 4) is 11.5 Å². The number of hydrogen-bond acceptors (Lipinski definition) is 4. The smallest absolute Gasteiger partial charge is 0.227 e. The van der Waals surface area contributed by atoms with Crippen LogP contribution in [0.4, 0.5) is 0 Å². The molecule has 1 aliphatic heterocycles. The number of amides is 1. The maximum atomic E-state index is 12.4. The molecule has 0 radical (unpaired) electrons. The van der Waals surface area contributed by atoms with Crippen LogP contribution >= 0.6 is 0 Å². The molecule has 1 N–H and O–H groups in total. The summed E-state index contributed by atoms with van der Waals surface area (Å²) in [6.45, 7) is 4.56. The van der Waals surface area contributed by atoms with Gasteiger partial charge in [-0.2, -0.15) is 0 Å². The summed E-state index contributed by atoms with van der Waals surface area (Å²) < 4.78 is 10.5. The van der Waals surface area contributed by atoms with E-state index in [-0.39, 0.29) is 5.91 Å². The summed E-state index contributed by atoms with van der Waals surface area (Å²) >= 11 is 0. The Morgan fingerprint density at radius 3 is 2.50 bits per heavy atom. The molecule has 1 fully saturated rings. The van der Waals surface area contributed by atoms with Gasteiger partial charge >= 0.3 is 0 Å². The van der Waals surface area contributed by atoms with Crippen LogP contribution in [-0.4, -0.2) is 50.7 Å². The number of nitrogens with one attached hydrogen (secondary N) is 1. The molecule has 5 heteroatoms. The Balaban J connectivity index is 2.06. The summed E-state index contributed by atoms with van der Waals surface area (Å²) in [5, 5.41) is 3.20. The van der Waals surface area contributed by atoms with E-state index in [1.165, 1.54) is 0 Å². The highest BCUT2D eigenvalue weighted by molar-refractivity contribution is 5.79. The predicted octanol–water partition coefficient (Wildman–Crippen LogP) is 1.07. The summed E-state index contributed by atoms with van der Waals surface area (Å²) in [7, 11) is 3.20. The van der Waals surface area contributed by atoms with Crippen molar-refractivity contribution in [1.82, 2.24) is 10.2 Å². The number of hydrogen-bond donors (Lipinski definition) is 1. The number of carbonyl (C=O) groups excluding carboxylic acids is 1. The maximum Gasteiger partial charge on any atom is 0.227 e. The average Bonchev–Trinajstić information content (AvgIpc) is 2.42. The normalized spacial score (nSPS) is 14.6. The molecular formula is C15H22N2O3. The second kappa shape index (κ2) is 6.61. The van der Waals surface area contributed by atoms with Crippen molar-refractivity contribution in [3.05, 3.63) is 23.8 Å². The fraction of sp³-hybridized carbons (Fsp3) is 0.533. The van der Waals surface area contributed by atoms with Crippen LogP contribution in [0.25, 0.3) is 0 Å². The van der Waals surface area contributed by atoms with Crippen LogP contribution in [0.15, 0.2) is 18.2 Å². The molecule has 0 saturated carbocycles. The predicted molar refractivity (Wildman–Crippen MR) is 77.3 cm³/mol. The van der Waals surface area contributed by atoms with Crippen LogP contribution in [0.5, 0.6) is 11.5 Å². The van der Waals surface area contributed by atoms with Crippen LogP contribution < -0.4 is 14.8 Å². The van der Waals surface area contributed by atoms with Gasteiger partial charge in [0.2, 0.25) is 5.91 Å². The number of carbonyl (C=O) groups is 1. The monoisotopic (exact) mass is 278 g/mol. The van der Waals surface area contributed by atoms with E-state index in [2.05, 4.69) is 5.32 Å². The van der Waals surface area contributed by atoms with Crippen molar-refractivity contribution in [2.45, 2.75) is 19.4 Å². The first-order chi connectivity index (χ1) is 9.69. The first-order valence-corrected chi connectivity index (χ1v) is 6.90. The summed E-state index contributed by atoms with van der Waals surface area (Å²) in [6, 6.07) is 5.95. The van der Waals surface area contributed by atoms with Crippen LogP contribution in [0.2, 0.25) is 0 Å². The van der Waals surface area contributed by atoms with E-state index < -0.39 is 0 Å². The third-order valence-corrected chi connectivity index (χ3v) is 3.67. The van der Waals surface area contributed by atoms with Crippen molar-refractivity contribution in [3.63, 3.8) is 0 Å². The molecule has 5 nitrogen and oxygen atoms in total. The first kappa shape index (κ1) is 14.7. The molecule has 20 heavy (non-hydrogen) atoms. The van der Waals surface area contributed by atoms with Crippen molar-refractivity contribution < 1.29 is 14.3 Å². The van der Waals surface area contributed by atoms with Gasteiger partial charge in [0.15, 0.2) is 11.5 Å². The molecule has 1 saturated heterocycles. The Hall–Kier alpha value is -1.75. The van der Waals surface area contributed by atoms with Gasteiger partial charge in [-0.3, -0.25) is 4.79 Å². The van der Waals surface area contributed by atoms with Gasteiger partial charge in [0.25, 0.3) is 0 Å². The van der Waals surface area contributed by atoms with Crippen LogP contribution in [0, 0.1) is 0 Å². The minimum absolute atomic E-state index is 0.159. The minimum Gasteiger partial charge on any atom is -0.493 e. The van der Waals surface area contributed by atoms with Crippen LogP contribution in [-0.2, 0) is 11.2 Å². The van der Waals surface area contributed by atoms with E-state index in [1.807, 2.05) is 30.0 Å². The fourth-order valence-electron chi connectivity index (χ4n) is 2.40. The Morgan fingerprint density at radius 1 is 1.30 bits per heavy atom. The molecule has 1 aromatic carbocycles. The Morgan fingerprint density at radius 2 is 2.00 bits per heavy atom. The van der Waals surface area contributed by atoms with Gasteiger partial charge in [0, 0.05) is 19.6 Å². The lowest BCUT2D eigenvalue weighted by atomic mass is 10.1. The van der Waals surface area contributed by atoms with Crippen molar-refractivity contribution in [1.29, 1.82) is 0 Å². The van der Waals surface area contributed by atoms with Gasteiger partial charge < -0.3 is 19.7 Å². The lowest BCUT2D eigenvalue weighted by Gasteiger charge is -2.37. The molecule has 1 heterocycles. The lowest BCUT2D eigenvalue weighted by molar-refractivity contribution is -0.133. The minimum atomic E-state index is 0.159. The van der Waals surface area contributed by atoms with Gasteiger partial charge in [-0.1, -0.05) is 6.07 Å². The zero-order chi connectivity index (χ0) is 14.5. The number of likely N-dealkylation sites (N-methyl/N-ethyl adjacent to an activating group) is 1. The summed E-state index contributed by atoms with van der Waals surface area (Å²) in [5.74, 6) is 1.50. The Labute approximate surface area is 119 Å². The third kappa shape index (κ3) is 3.04. The second-order valence-electron chi connectivity index (χ2n) is 4.86. The van der Waals surface area contributed by atoms with E-state index >= 15 is 0 Å². The summed E-state index contributed by atoms with van der Waals surface area (Å²) in [6.07, 6.45) is 0.394.